The summed E-state index contributed by atoms with van der Waals surface area (Å²) in [5.74, 6) is 0.932. The van der Waals surface area contributed by atoms with Gasteiger partial charge in [-0.1, -0.05) is 24.3 Å². The maximum atomic E-state index is 4.16. The molecule has 2 rings (SSSR count). The summed E-state index contributed by atoms with van der Waals surface area (Å²) in [4.78, 5) is 7.22. The summed E-state index contributed by atoms with van der Waals surface area (Å²) in [7, 11) is 0. The molecule has 18 heavy (non-hydrogen) atoms. The molecule has 0 aliphatic rings. The zero-order chi connectivity index (χ0) is 12.8. The molecule has 0 saturated carbocycles. The fourth-order valence-electron chi connectivity index (χ4n) is 2.20. The van der Waals surface area contributed by atoms with Gasteiger partial charge >= 0.3 is 0 Å². The van der Waals surface area contributed by atoms with Crippen LogP contribution < -0.4 is 0 Å². The minimum atomic E-state index is 0.932. The average Bonchev–Trinajstić information content (AvgIpc) is 2.85. The van der Waals surface area contributed by atoms with Crippen LogP contribution in [-0.4, -0.2) is 9.97 Å². The number of hydrogen-bond donors (Lipinski definition) is 1. The van der Waals surface area contributed by atoms with Crippen molar-refractivity contribution >= 4 is 6.08 Å². The Morgan fingerprint density at radius 3 is 2.67 bits per heavy atom. The second-order valence-electron chi connectivity index (χ2n) is 4.64. The van der Waals surface area contributed by atoms with Crippen LogP contribution in [0.25, 0.3) is 6.08 Å². The number of allylic oxidation sites excluding steroid dienone is 1. The minimum Gasteiger partial charge on any atom is -0.345 e. The average molecular weight is 240 g/mol. The van der Waals surface area contributed by atoms with Crippen molar-refractivity contribution in [3.05, 3.63) is 59.2 Å². The largest absolute Gasteiger partial charge is 0.345 e. The van der Waals surface area contributed by atoms with E-state index in [-0.39, 0.29) is 0 Å². The Bertz CT molecular complexity index is 490. The summed E-state index contributed by atoms with van der Waals surface area (Å²) in [6.45, 7) is 4.39. The molecule has 0 fully saturated rings. The highest BCUT2D eigenvalue weighted by Crippen LogP contribution is 2.16. The molecule has 0 bridgehead atoms. The summed E-state index contributed by atoms with van der Waals surface area (Å²) < 4.78 is 0. The van der Waals surface area contributed by atoms with Crippen molar-refractivity contribution in [1.29, 1.82) is 0 Å². The molecule has 1 N–H and O–H groups in total. The van der Waals surface area contributed by atoms with Crippen molar-refractivity contribution in [3.8, 4) is 0 Å². The van der Waals surface area contributed by atoms with Crippen LogP contribution in [0.4, 0.5) is 0 Å². The fourth-order valence-corrected chi connectivity index (χ4v) is 2.20. The van der Waals surface area contributed by atoms with E-state index >= 15 is 0 Å². The second kappa shape index (κ2) is 6.20. The Morgan fingerprint density at radius 2 is 2.00 bits per heavy atom. The quantitative estimate of drug-likeness (QED) is 0.784. The maximum Gasteiger partial charge on any atom is 0.129 e. The highest BCUT2D eigenvalue weighted by Gasteiger charge is 2.00. The van der Waals surface area contributed by atoms with E-state index in [9.17, 15) is 0 Å². The summed E-state index contributed by atoms with van der Waals surface area (Å²) in [6, 6.07) is 6.52. The Kier molecular flexibility index (Phi) is 4.35. The van der Waals surface area contributed by atoms with Gasteiger partial charge in [0.25, 0.3) is 0 Å². The predicted molar refractivity (Wildman–Crippen MR) is 76.5 cm³/mol. The monoisotopic (exact) mass is 240 g/mol. The summed E-state index contributed by atoms with van der Waals surface area (Å²) in [5.41, 5.74) is 4.32. The normalized spacial score (nSPS) is 11.2. The molecule has 0 unspecified atom stereocenters. The molecule has 1 aromatic carbocycles. The lowest BCUT2D eigenvalue weighted by Crippen LogP contribution is -1.93. The number of unbranched alkanes of at least 4 members (excludes halogenated alkanes) is 1. The van der Waals surface area contributed by atoms with Gasteiger partial charge in [-0.15, -0.1) is 0 Å². The number of aromatic nitrogens is 2. The standard InChI is InChI=1S/C16H20N2/c1-13-7-6-8-14(2)15(13)9-4-3-5-10-16-17-11-12-18-16/h5-8,10-12H,3-4,9H2,1-2H3,(H,17,18)/b10-5+. The molecule has 0 atom stereocenters. The molecular formula is C16H20N2. The van der Waals surface area contributed by atoms with Crippen molar-refractivity contribution in [2.75, 3.05) is 0 Å². The molecule has 0 saturated heterocycles. The van der Waals surface area contributed by atoms with E-state index in [0.717, 1.165) is 18.7 Å². The molecule has 0 spiro atoms. The highest BCUT2D eigenvalue weighted by molar-refractivity contribution is 5.39. The number of rotatable bonds is 5. The van der Waals surface area contributed by atoms with E-state index in [2.05, 4.69) is 48.1 Å². The molecule has 0 amide bonds. The molecule has 2 heteroatoms. The van der Waals surface area contributed by atoms with Gasteiger partial charge in [0, 0.05) is 12.4 Å². The van der Waals surface area contributed by atoms with Gasteiger partial charge in [0.2, 0.25) is 0 Å². The second-order valence-corrected chi connectivity index (χ2v) is 4.64. The molecule has 0 aliphatic heterocycles. The summed E-state index contributed by atoms with van der Waals surface area (Å²) in [5, 5.41) is 0. The smallest absolute Gasteiger partial charge is 0.129 e. The van der Waals surface area contributed by atoms with E-state index in [4.69, 9.17) is 0 Å². The first-order valence-corrected chi connectivity index (χ1v) is 6.48. The van der Waals surface area contributed by atoms with Gasteiger partial charge in [-0.2, -0.15) is 0 Å². The molecule has 94 valence electrons. The van der Waals surface area contributed by atoms with E-state index in [1.54, 1.807) is 6.20 Å². The van der Waals surface area contributed by atoms with Crippen LogP contribution in [0.3, 0.4) is 0 Å². The van der Waals surface area contributed by atoms with Crippen molar-refractivity contribution in [2.24, 2.45) is 0 Å². The Balaban J connectivity index is 1.82. The molecule has 2 nitrogen and oxygen atoms in total. The number of aryl methyl sites for hydroxylation is 2. The van der Waals surface area contributed by atoms with E-state index in [1.807, 2.05) is 12.3 Å². The minimum absolute atomic E-state index is 0.932. The van der Waals surface area contributed by atoms with Gasteiger partial charge in [-0.25, -0.2) is 4.98 Å². The lowest BCUT2D eigenvalue weighted by atomic mass is 9.98. The SMILES string of the molecule is Cc1cccc(C)c1CCC/C=C/c1ncc[nH]1. The van der Waals surface area contributed by atoms with Crippen LogP contribution in [0.1, 0.15) is 35.4 Å². The summed E-state index contributed by atoms with van der Waals surface area (Å²) in [6.07, 6.45) is 11.3. The van der Waals surface area contributed by atoms with Crippen molar-refractivity contribution in [1.82, 2.24) is 9.97 Å². The van der Waals surface area contributed by atoms with Crippen LogP contribution in [-0.2, 0) is 6.42 Å². The van der Waals surface area contributed by atoms with Crippen LogP contribution in [0.15, 0.2) is 36.7 Å². The predicted octanol–water partition coefficient (Wildman–Crippen LogP) is 4.06. The van der Waals surface area contributed by atoms with Gasteiger partial charge in [-0.05, 0) is 55.9 Å². The fraction of sp³-hybridized carbons (Fsp3) is 0.312. The third kappa shape index (κ3) is 3.33. The lowest BCUT2D eigenvalue weighted by molar-refractivity contribution is 0.833. The molecule has 1 heterocycles. The van der Waals surface area contributed by atoms with Gasteiger partial charge in [-0.3, -0.25) is 0 Å². The Hall–Kier alpha value is -1.83. The first-order chi connectivity index (χ1) is 8.77. The number of nitrogens with zero attached hydrogens (tertiary/aromatic N) is 1. The van der Waals surface area contributed by atoms with Crippen molar-refractivity contribution in [3.63, 3.8) is 0 Å². The topological polar surface area (TPSA) is 28.7 Å². The van der Waals surface area contributed by atoms with Crippen LogP contribution in [0, 0.1) is 13.8 Å². The number of hydrogen-bond acceptors (Lipinski definition) is 1. The molecule has 0 aliphatic carbocycles. The van der Waals surface area contributed by atoms with Crippen LogP contribution in [0.2, 0.25) is 0 Å². The molecule has 0 radical (unpaired) electrons. The first kappa shape index (κ1) is 12.6. The van der Waals surface area contributed by atoms with E-state index < -0.39 is 0 Å². The molecule has 2 aromatic rings. The number of benzene rings is 1. The highest BCUT2D eigenvalue weighted by atomic mass is 14.9. The van der Waals surface area contributed by atoms with Crippen LogP contribution >= 0.6 is 0 Å². The number of aromatic amines is 1. The zero-order valence-corrected chi connectivity index (χ0v) is 11.1. The number of H-pyrrole nitrogens is 1. The summed E-state index contributed by atoms with van der Waals surface area (Å²) >= 11 is 0. The van der Waals surface area contributed by atoms with E-state index in [0.29, 0.717) is 0 Å². The number of imidazole rings is 1. The van der Waals surface area contributed by atoms with Crippen LogP contribution in [0.5, 0.6) is 0 Å². The Morgan fingerprint density at radius 1 is 1.22 bits per heavy atom. The van der Waals surface area contributed by atoms with Crippen molar-refractivity contribution < 1.29 is 0 Å². The molecule has 1 aromatic heterocycles. The van der Waals surface area contributed by atoms with E-state index in [1.165, 1.54) is 23.1 Å². The molecular weight excluding hydrogens is 220 g/mol. The Labute approximate surface area is 109 Å². The third-order valence-corrected chi connectivity index (χ3v) is 3.24. The van der Waals surface area contributed by atoms with Gasteiger partial charge in [0.15, 0.2) is 0 Å². The number of nitrogens with one attached hydrogen (secondary N) is 1. The van der Waals surface area contributed by atoms with Gasteiger partial charge < -0.3 is 4.98 Å². The lowest BCUT2D eigenvalue weighted by Gasteiger charge is -2.08. The van der Waals surface area contributed by atoms with Gasteiger partial charge in [0.1, 0.15) is 5.82 Å². The maximum absolute atomic E-state index is 4.16. The zero-order valence-electron chi connectivity index (χ0n) is 11.1. The first-order valence-electron chi connectivity index (χ1n) is 6.48. The van der Waals surface area contributed by atoms with Crippen molar-refractivity contribution in [2.45, 2.75) is 33.1 Å². The third-order valence-electron chi connectivity index (χ3n) is 3.24. The van der Waals surface area contributed by atoms with Gasteiger partial charge in [0.05, 0.1) is 0 Å².